The maximum absolute atomic E-state index is 12.9. The number of nitrogens with two attached hydrogens (primary N) is 1. The molecule has 2 aromatic heterocycles. The second-order valence-electron chi connectivity index (χ2n) is 6.79. The van der Waals surface area contributed by atoms with Crippen LogP contribution in [0.25, 0.3) is 0 Å². The lowest BCUT2D eigenvalue weighted by Gasteiger charge is -2.34. The molecule has 1 saturated heterocycles. The fourth-order valence-electron chi connectivity index (χ4n) is 3.59. The molecule has 2 amide bonds. The summed E-state index contributed by atoms with van der Waals surface area (Å²) in [4.78, 5) is 26.0. The first-order chi connectivity index (χ1) is 11.9. The van der Waals surface area contributed by atoms with Crippen LogP contribution in [0, 0.1) is 13.8 Å². The van der Waals surface area contributed by atoms with E-state index < -0.39 is 5.91 Å². The van der Waals surface area contributed by atoms with Gasteiger partial charge in [0.1, 0.15) is 17.2 Å². The maximum Gasteiger partial charge on any atom is 0.269 e. The number of carbonyl (C=O) groups excluding carboxylic acids is 2. The number of hydrogen-bond acceptors (Lipinski definition) is 4. The van der Waals surface area contributed by atoms with Gasteiger partial charge in [-0.15, -0.1) is 0 Å². The molecule has 1 fully saturated rings. The third-order valence-corrected chi connectivity index (χ3v) is 4.94. The molecule has 134 valence electrons. The first-order valence-electron chi connectivity index (χ1n) is 8.57. The highest BCUT2D eigenvalue weighted by Crippen LogP contribution is 2.30. The number of nitrogens with one attached hydrogen (secondary N) is 1. The van der Waals surface area contributed by atoms with Gasteiger partial charge in [0, 0.05) is 30.3 Å². The molecule has 0 spiro atoms. The summed E-state index contributed by atoms with van der Waals surface area (Å²) in [6, 6.07) is 3.63. The minimum Gasteiger partial charge on any atom is -0.466 e. The van der Waals surface area contributed by atoms with E-state index in [1.807, 2.05) is 31.7 Å². The molecule has 0 aliphatic carbocycles. The Morgan fingerprint density at radius 1 is 1.40 bits per heavy atom. The summed E-state index contributed by atoms with van der Waals surface area (Å²) < 4.78 is 5.56. The van der Waals surface area contributed by atoms with E-state index in [-0.39, 0.29) is 23.4 Å². The van der Waals surface area contributed by atoms with Crippen molar-refractivity contribution in [2.45, 2.75) is 45.4 Å². The highest BCUT2D eigenvalue weighted by atomic mass is 16.3. The lowest BCUT2D eigenvalue weighted by Crippen LogP contribution is -2.41. The zero-order valence-corrected chi connectivity index (χ0v) is 14.8. The topological polar surface area (TPSA) is 105 Å². The molecule has 25 heavy (non-hydrogen) atoms. The van der Waals surface area contributed by atoms with Crippen LogP contribution < -0.4 is 5.73 Å². The van der Waals surface area contributed by atoms with Crippen molar-refractivity contribution in [1.82, 2.24) is 15.1 Å². The molecule has 3 rings (SSSR count). The second-order valence-corrected chi connectivity index (χ2v) is 6.79. The molecule has 0 bridgehead atoms. The average Bonchev–Trinajstić information content (AvgIpc) is 3.20. The Balaban J connectivity index is 1.72. The van der Waals surface area contributed by atoms with Crippen LogP contribution in [0.5, 0.6) is 0 Å². The molecule has 3 heterocycles. The number of H-pyrrole nitrogens is 1. The molecule has 0 saturated carbocycles. The van der Waals surface area contributed by atoms with E-state index in [9.17, 15) is 9.59 Å². The second kappa shape index (κ2) is 6.74. The van der Waals surface area contributed by atoms with Gasteiger partial charge in [-0.1, -0.05) is 0 Å². The van der Waals surface area contributed by atoms with Crippen molar-refractivity contribution in [3.05, 3.63) is 40.6 Å². The van der Waals surface area contributed by atoms with Crippen molar-refractivity contribution in [3.8, 4) is 0 Å². The Hall–Kier alpha value is -2.57. The van der Waals surface area contributed by atoms with Gasteiger partial charge < -0.3 is 15.1 Å². The van der Waals surface area contributed by atoms with Gasteiger partial charge in [-0.05, 0) is 45.7 Å². The minimum absolute atomic E-state index is 0.100. The number of hydrogen-bond donors (Lipinski definition) is 2. The number of aryl methyl sites for hydroxylation is 2. The number of aromatic amines is 1. The van der Waals surface area contributed by atoms with E-state index in [0.717, 1.165) is 42.2 Å². The summed E-state index contributed by atoms with van der Waals surface area (Å²) in [6.45, 7) is 7.05. The zero-order valence-electron chi connectivity index (χ0n) is 14.8. The lowest BCUT2D eigenvalue weighted by atomic mass is 9.92. The number of rotatable bonds is 4. The van der Waals surface area contributed by atoms with Crippen LogP contribution in [-0.4, -0.2) is 40.0 Å². The Labute approximate surface area is 146 Å². The third kappa shape index (κ3) is 3.45. The van der Waals surface area contributed by atoms with E-state index in [4.69, 9.17) is 10.2 Å². The minimum atomic E-state index is -0.550. The monoisotopic (exact) mass is 344 g/mol. The van der Waals surface area contributed by atoms with Gasteiger partial charge >= 0.3 is 0 Å². The number of aromatic nitrogens is 2. The molecule has 2 atom stereocenters. The predicted octanol–water partition coefficient (Wildman–Crippen LogP) is 2.23. The summed E-state index contributed by atoms with van der Waals surface area (Å²) in [5.74, 6) is 1.07. The number of carbonyl (C=O) groups is 2. The van der Waals surface area contributed by atoms with Gasteiger partial charge in [-0.2, -0.15) is 5.10 Å². The summed E-state index contributed by atoms with van der Waals surface area (Å²) in [7, 11) is 0. The number of likely N-dealkylation sites (tertiary alicyclic amines) is 1. The number of piperidine rings is 1. The van der Waals surface area contributed by atoms with Gasteiger partial charge in [-0.25, -0.2) is 0 Å². The van der Waals surface area contributed by atoms with Crippen molar-refractivity contribution in [2.75, 3.05) is 13.1 Å². The van der Waals surface area contributed by atoms with Crippen molar-refractivity contribution in [3.63, 3.8) is 0 Å². The third-order valence-electron chi connectivity index (χ3n) is 4.94. The van der Waals surface area contributed by atoms with Gasteiger partial charge in [0.15, 0.2) is 0 Å². The molecule has 7 nitrogen and oxygen atoms in total. The van der Waals surface area contributed by atoms with E-state index >= 15 is 0 Å². The molecule has 2 aromatic rings. The predicted molar refractivity (Wildman–Crippen MR) is 92.3 cm³/mol. The highest BCUT2D eigenvalue weighted by molar-refractivity contribution is 5.90. The van der Waals surface area contributed by atoms with Gasteiger partial charge in [-0.3, -0.25) is 14.7 Å². The molecule has 1 aliphatic rings. The van der Waals surface area contributed by atoms with Gasteiger partial charge in [0.25, 0.3) is 5.91 Å². The van der Waals surface area contributed by atoms with Crippen molar-refractivity contribution < 1.29 is 14.0 Å². The smallest absolute Gasteiger partial charge is 0.269 e. The van der Waals surface area contributed by atoms with Gasteiger partial charge in [0.2, 0.25) is 5.91 Å². The number of amides is 2. The number of primary amides is 1. The lowest BCUT2D eigenvalue weighted by molar-refractivity contribution is -0.133. The van der Waals surface area contributed by atoms with Crippen molar-refractivity contribution in [2.24, 2.45) is 5.73 Å². The molecule has 1 aliphatic heterocycles. The van der Waals surface area contributed by atoms with E-state index in [1.54, 1.807) is 6.07 Å². The summed E-state index contributed by atoms with van der Waals surface area (Å²) in [5.41, 5.74) is 7.29. The van der Waals surface area contributed by atoms with Crippen LogP contribution in [0.3, 0.4) is 0 Å². The first-order valence-corrected chi connectivity index (χ1v) is 8.57. The number of furan rings is 1. The van der Waals surface area contributed by atoms with E-state index in [1.165, 1.54) is 0 Å². The molecule has 3 N–H and O–H groups in total. The SMILES string of the molecule is Cc1cc([C@@H](C)C(=O)N2CCC[C@@H](c3cc(C(N)=O)n[nH]3)C2)c(C)o1. The normalized spacial score (nSPS) is 19.0. The highest BCUT2D eigenvalue weighted by Gasteiger charge is 2.30. The van der Waals surface area contributed by atoms with Crippen LogP contribution >= 0.6 is 0 Å². The van der Waals surface area contributed by atoms with E-state index in [2.05, 4.69) is 10.2 Å². The Bertz CT molecular complexity index is 792. The largest absolute Gasteiger partial charge is 0.466 e. The fourth-order valence-corrected chi connectivity index (χ4v) is 3.59. The van der Waals surface area contributed by atoms with Crippen LogP contribution in [-0.2, 0) is 4.79 Å². The Morgan fingerprint density at radius 3 is 2.76 bits per heavy atom. The van der Waals surface area contributed by atoms with Gasteiger partial charge in [0.05, 0.1) is 5.92 Å². The Kier molecular flexibility index (Phi) is 4.65. The van der Waals surface area contributed by atoms with Crippen LogP contribution in [0.4, 0.5) is 0 Å². The summed E-state index contributed by atoms with van der Waals surface area (Å²) in [5, 5.41) is 6.83. The quantitative estimate of drug-likeness (QED) is 0.887. The standard InChI is InChI=1S/C18H24N4O3/c1-10-7-14(12(3)25-10)11(2)18(24)22-6-4-5-13(9-22)15-8-16(17(19)23)21-20-15/h7-8,11,13H,4-6,9H2,1-3H3,(H2,19,23)(H,20,21)/t11-,13-/m1/s1. The average molecular weight is 344 g/mol. The first kappa shape index (κ1) is 17.3. The van der Waals surface area contributed by atoms with Crippen LogP contribution in [0.2, 0.25) is 0 Å². The zero-order chi connectivity index (χ0) is 18.1. The van der Waals surface area contributed by atoms with Crippen molar-refractivity contribution >= 4 is 11.8 Å². The van der Waals surface area contributed by atoms with Crippen LogP contribution in [0.1, 0.15) is 64.9 Å². The number of nitrogens with zero attached hydrogens (tertiary/aromatic N) is 2. The molecule has 0 radical (unpaired) electrons. The molecule has 0 aromatic carbocycles. The van der Waals surface area contributed by atoms with E-state index in [0.29, 0.717) is 6.54 Å². The molecular weight excluding hydrogens is 320 g/mol. The Morgan fingerprint density at radius 2 is 2.16 bits per heavy atom. The molecule has 7 heteroatoms. The van der Waals surface area contributed by atoms with Crippen LogP contribution in [0.15, 0.2) is 16.5 Å². The summed E-state index contributed by atoms with van der Waals surface area (Å²) >= 11 is 0. The molecule has 0 unspecified atom stereocenters. The molecular formula is C18H24N4O3. The fraction of sp³-hybridized carbons (Fsp3) is 0.500. The maximum atomic E-state index is 12.9. The van der Waals surface area contributed by atoms with Crippen molar-refractivity contribution in [1.29, 1.82) is 0 Å². The summed E-state index contributed by atoms with van der Waals surface area (Å²) in [6.07, 6.45) is 1.86.